The van der Waals surface area contributed by atoms with Crippen LogP contribution in [-0.4, -0.2) is 39.6 Å². The lowest BCUT2D eigenvalue weighted by molar-refractivity contribution is -0.135. The van der Waals surface area contributed by atoms with Crippen LogP contribution >= 0.6 is 0 Å². The van der Waals surface area contributed by atoms with Gasteiger partial charge in [0.25, 0.3) is 5.91 Å². The molecule has 0 radical (unpaired) electrons. The molecule has 1 atom stereocenters. The molecule has 2 heterocycles. The van der Waals surface area contributed by atoms with Gasteiger partial charge >= 0.3 is 0 Å². The molecule has 0 bridgehead atoms. The third kappa shape index (κ3) is 4.34. The van der Waals surface area contributed by atoms with Crippen molar-refractivity contribution in [1.82, 2.24) is 14.7 Å². The van der Waals surface area contributed by atoms with Crippen molar-refractivity contribution in [3.63, 3.8) is 0 Å². The van der Waals surface area contributed by atoms with Crippen LogP contribution < -0.4 is 10.1 Å². The minimum absolute atomic E-state index is 0.0943. The fourth-order valence-corrected chi connectivity index (χ4v) is 3.98. The molecule has 0 aliphatic carbocycles. The van der Waals surface area contributed by atoms with Gasteiger partial charge in [-0.2, -0.15) is 5.10 Å². The van der Waals surface area contributed by atoms with Gasteiger partial charge in [0, 0.05) is 31.9 Å². The van der Waals surface area contributed by atoms with Crippen molar-refractivity contribution in [1.29, 1.82) is 0 Å². The number of carbonyl (C=O) groups excluding carboxylic acids is 2. The average molecular weight is 436 g/mol. The van der Waals surface area contributed by atoms with Gasteiger partial charge in [0.15, 0.2) is 6.61 Å². The van der Waals surface area contributed by atoms with Gasteiger partial charge in [-0.1, -0.05) is 30.3 Å². The molecule has 0 saturated heterocycles. The van der Waals surface area contributed by atoms with Crippen LogP contribution in [0.15, 0.2) is 48.7 Å². The molecule has 0 unspecified atom stereocenters. The maximum Gasteiger partial charge on any atom is 0.260 e. The molecule has 166 valence electrons. The Labute approximate surface area is 185 Å². The summed E-state index contributed by atoms with van der Waals surface area (Å²) in [6.45, 7) is 4.20. The fourth-order valence-electron chi connectivity index (χ4n) is 3.98. The highest BCUT2D eigenvalue weighted by Gasteiger charge is 2.35. The van der Waals surface area contributed by atoms with Crippen molar-refractivity contribution >= 4 is 17.5 Å². The molecule has 0 spiro atoms. The summed E-state index contributed by atoms with van der Waals surface area (Å²) >= 11 is 0. The van der Waals surface area contributed by atoms with Crippen LogP contribution in [0.25, 0.3) is 0 Å². The van der Waals surface area contributed by atoms with E-state index in [2.05, 4.69) is 10.4 Å². The number of amides is 2. The third-order valence-electron chi connectivity index (χ3n) is 5.58. The van der Waals surface area contributed by atoms with Gasteiger partial charge in [-0.25, -0.2) is 4.39 Å². The molecule has 7 nitrogen and oxygen atoms in total. The molecule has 4 rings (SSSR count). The quantitative estimate of drug-likeness (QED) is 0.666. The molecule has 1 N–H and O–H groups in total. The standard InChI is InChI=1S/C24H25FN4O3/c1-15-7-6-8-16(2)23(15)32-14-21(30)29-12-17-11-28(3)27-22(17)18(13-29)24(31)26-20-10-5-4-9-19(20)25/h4-11,18H,12-14H2,1-3H3,(H,26,31)/t18-/m0/s1. The summed E-state index contributed by atoms with van der Waals surface area (Å²) in [5.74, 6) is -1.20. The first-order chi connectivity index (χ1) is 15.3. The van der Waals surface area contributed by atoms with Gasteiger partial charge in [-0.3, -0.25) is 14.3 Å². The van der Waals surface area contributed by atoms with E-state index in [1.165, 1.54) is 12.1 Å². The molecule has 8 heteroatoms. The van der Waals surface area contributed by atoms with Crippen LogP contribution in [0.2, 0.25) is 0 Å². The van der Waals surface area contributed by atoms with Gasteiger partial charge in [0.2, 0.25) is 5.91 Å². The lowest BCUT2D eigenvalue weighted by atomic mass is 9.95. The SMILES string of the molecule is Cc1cccc(C)c1OCC(=O)N1Cc2cn(C)nc2[C@@H](C(=O)Nc2ccccc2F)C1. The van der Waals surface area contributed by atoms with Gasteiger partial charge < -0.3 is 15.0 Å². The van der Waals surface area contributed by atoms with Crippen LogP contribution in [0, 0.1) is 19.7 Å². The molecular formula is C24H25FN4O3. The minimum Gasteiger partial charge on any atom is -0.483 e. The Bertz CT molecular complexity index is 1150. The number of hydrogen-bond acceptors (Lipinski definition) is 4. The number of anilines is 1. The van der Waals surface area contributed by atoms with E-state index in [0.717, 1.165) is 16.7 Å². The fraction of sp³-hybridized carbons (Fsp3) is 0.292. The van der Waals surface area contributed by atoms with Crippen molar-refractivity contribution in [2.24, 2.45) is 7.05 Å². The van der Waals surface area contributed by atoms with E-state index < -0.39 is 17.6 Å². The number of nitrogens with one attached hydrogen (secondary N) is 1. The van der Waals surface area contributed by atoms with E-state index in [1.54, 1.807) is 35.0 Å². The number of rotatable bonds is 5. The number of aryl methyl sites for hydroxylation is 3. The minimum atomic E-state index is -0.719. The number of hydrogen-bond donors (Lipinski definition) is 1. The van der Waals surface area contributed by atoms with Crippen LogP contribution in [0.5, 0.6) is 5.75 Å². The van der Waals surface area contributed by atoms with Gasteiger partial charge in [0.05, 0.1) is 11.4 Å². The first-order valence-electron chi connectivity index (χ1n) is 10.4. The molecular weight excluding hydrogens is 411 g/mol. The van der Waals surface area contributed by atoms with Crippen molar-refractivity contribution in [2.75, 3.05) is 18.5 Å². The van der Waals surface area contributed by atoms with Crippen LogP contribution in [0.3, 0.4) is 0 Å². The zero-order valence-corrected chi connectivity index (χ0v) is 18.3. The number of aromatic nitrogens is 2. The van der Waals surface area contributed by atoms with Crippen molar-refractivity contribution in [2.45, 2.75) is 26.3 Å². The number of nitrogens with zero attached hydrogens (tertiary/aromatic N) is 3. The van der Waals surface area contributed by atoms with E-state index in [-0.39, 0.29) is 24.7 Å². The van der Waals surface area contributed by atoms with Gasteiger partial charge in [-0.15, -0.1) is 0 Å². The number of ether oxygens (including phenoxy) is 1. The predicted octanol–water partition coefficient (Wildman–Crippen LogP) is 3.32. The van der Waals surface area contributed by atoms with E-state index in [4.69, 9.17) is 4.74 Å². The van der Waals surface area contributed by atoms with E-state index in [1.807, 2.05) is 32.0 Å². The molecule has 2 aromatic carbocycles. The highest BCUT2D eigenvalue weighted by Crippen LogP contribution is 2.29. The number of carbonyl (C=O) groups is 2. The second kappa shape index (κ2) is 8.82. The van der Waals surface area contributed by atoms with E-state index in [0.29, 0.717) is 18.0 Å². The zero-order chi connectivity index (χ0) is 22.8. The zero-order valence-electron chi connectivity index (χ0n) is 18.3. The van der Waals surface area contributed by atoms with Crippen LogP contribution in [0.1, 0.15) is 28.3 Å². The van der Waals surface area contributed by atoms with Crippen LogP contribution in [-0.2, 0) is 23.2 Å². The Hall–Kier alpha value is -3.68. The molecule has 2 amide bonds. The normalized spacial score (nSPS) is 15.2. The Morgan fingerprint density at radius 2 is 1.88 bits per heavy atom. The molecule has 0 fully saturated rings. The predicted molar refractivity (Wildman–Crippen MR) is 118 cm³/mol. The lowest BCUT2D eigenvalue weighted by Gasteiger charge is -2.31. The summed E-state index contributed by atoms with van der Waals surface area (Å²) < 4.78 is 21.5. The summed E-state index contributed by atoms with van der Waals surface area (Å²) in [6.07, 6.45) is 1.80. The number of para-hydroxylation sites is 2. The summed E-state index contributed by atoms with van der Waals surface area (Å²) in [6, 6.07) is 11.8. The largest absolute Gasteiger partial charge is 0.483 e. The first kappa shape index (κ1) is 21.5. The molecule has 1 aliphatic heterocycles. The second-order valence-corrected chi connectivity index (χ2v) is 8.02. The van der Waals surface area contributed by atoms with E-state index >= 15 is 0 Å². The second-order valence-electron chi connectivity index (χ2n) is 8.02. The average Bonchev–Trinajstić information content (AvgIpc) is 3.14. The Kier molecular flexibility index (Phi) is 5.94. The smallest absolute Gasteiger partial charge is 0.260 e. The topological polar surface area (TPSA) is 76.5 Å². The summed E-state index contributed by atoms with van der Waals surface area (Å²) in [7, 11) is 1.76. The Morgan fingerprint density at radius 1 is 1.16 bits per heavy atom. The third-order valence-corrected chi connectivity index (χ3v) is 5.58. The van der Waals surface area contributed by atoms with Crippen molar-refractivity contribution in [3.05, 3.63) is 76.9 Å². The van der Waals surface area contributed by atoms with Crippen LogP contribution in [0.4, 0.5) is 10.1 Å². The Morgan fingerprint density at radius 3 is 2.59 bits per heavy atom. The number of halogens is 1. The van der Waals surface area contributed by atoms with E-state index in [9.17, 15) is 14.0 Å². The molecule has 3 aromatic rings. The molecule has 1 aliphatic rings. The monoisotopic (exact) mass is 436 g/mol. The summed E-state index contributed by atoms with van der Waals surface area (Å²) in [4.78, 5) is 27.6. The maximum atomic E-state index is 14.0. The Balaban J connectivity index is 1.52. The number of fused-ring (bicyclic) bond motifs is 1. The molecule has 32 heavy (non-hydrogen) atoms. The number of benzene rings is 2. The van der Waals surface area contributed by atoms with Crippen molar-refractivity contribution in [3.8, 4) is 5.75 Å². The summed E-state index contributed by atoms with van der Waals surface area (Å²) in [5.41, 5.74) is 3.38. The maximum absolute atomic E-state index is 14.0. The summed E-state index contributed by atoms with van der Waals surface area (Å²) in [5, 5.41) is 7.05. The van der Waals surface area contributed by atoms with Gasteiger partial charge in [0.1, 0.15) is 17.5 Å². The van der Waals surface area contributed by atoms with Gasteiger partial charge in [-0.05, 0) is 37.1 Å². The van der Waals surface area contributed by atoms with Crippen molar-refractivity contribution < 1.29 is 18.7 Å². The molecule has 0 saturated carbocycles. The lowest BCUT2D eigenvalue weighted by Crippen LogP contribution is -2.43. The first-order valence-corrected chi connectivity index (χ1v) is 10.4. The molecule has 1 aromatic heterocycles. The highest BCUT2D eigenvalue weighted by molar-refractivity contribution is 5.96. The highest BCUT2D eigenvalue weighted by atomic mass is 19.1.